The number of benzene rings is 1. The maximum atomic E-state index is 12.7. The third kappa shape index (κ3) is 5.17. The molecule has 3 rings (SSSR count). The van der Waals surface area contributed by atoms with E-state index in [1.165, 1.54) is 12.5 Å². The molecule has 142 valence electrons. The fraction of sp³-hybridized carbons (Fsp3) is 0.350. The zero-order valence-electron chi connectivity index (χ0n) is 15.1. The Labute approximate surface area is 167 Å². The van der Waals surface area contributed by atoms with Crippen molar-refractivity contribution >= 4 is 41.0 Å². The number of thiophene rings is 1. The van der Waals surface area contributed by atoms with Crippen LogP contribution in [0.25, 0.3) is 0 Å². The summed E-state index contributed by atoms with van der Waals surface area (Å²) in [6.07, 6.45) is 7.01. The Morgan fingerprint density at radius 3 is 2.63 bits per heavy atom. The van der Waals surface area contributed by atoms with Crippen LogP contribution in [0.1, 0.15) is 63.3 Å². The molecule has 5 nitrogen and oxygen atoms in total. The van der Waals surface area contributed by atoms with E-state index in [1.807, 2.05) is 18.4 Å². The van der Waals surface area contributed by atoms with Crippen molar-refractivity contribution in [2.45, 2.75) is 45.1 Å². The summed E-state index contributed by atoms with van der Waals surface area (Å²) in [6, 6.07) is 6.85. The van der Waals surface area contributed by atoms with Crippen molar-refractivity contribution in [1.29, 1.82) is 0 Å². The number of rotatable bonds is 5. The fourth-order valence-corrected chi connectivity index (χ4v) is 4.10. The van der Waals surface area contributed by atoms with Gasteiger partial charge in [0.25, 0.3) is 11.8 Å². The molecular formula is C20H22ClN3O2S. The number of nitrogens with zero attached hydrogens (tertiary/aromatic N) is 1. The Balaban J connectivity index is 1.72. The number of hydrazone groups is 1. The van der Waals surface area contributed by atoms with Crippen LogP contribution in [0.3, 0.4) is 0 Å². The summed E-state index contributed by atoms with van der Waals surface area (Å²) >= 11 is 7.59. The first kappa shape index (κ1) is 19.6. The third-order valence-electron chi connectivity index (χ3n) is 4.66. The maximum absolute atomic E-state index is 12.7. The second-order valence-corrected chi connectivity index (χ2v) is 8.05. The molecular weight excluding hydrogens is 382 g/mol. The van der Waals surface area contributed by atoms with Gasteiger partial charge in [0.2, 0.25) is 0 Å². The summed E-state index contributed by atoms with van der Waals surface area (Å²) < 4.78 is 0. The van der Waals surface area contributed by atoms with Crippen LogP contribution in [0.5, 0.6) is 0 Å². The number of nitrogens with one attached hydrogen (secondary N) is 2. The van der Waals surface area contributed by atoms with Crippen molar-refractivity contribution in [3.63, 3.8) is 0 Å². The zero-order chi connectivity index (χ0) is 19.2. The number of hydrogen-bond acceptors (Lipinski definition) is 4. The topological polar surface area (TPSA) is 70.6 Å². The standard InChI is InChI=1S/C20H22ClN3O2S/c1-13-9-10-27-18(13)12-22-24-20(26)17-11-14(21)7-8-16(17)19(25)23-15-5-3-2-4-6-15/h7-12,15H,2-6H2,1H3,(H,23,25)(H,24,26). The lowest BCUT2D eigenvalue weighted by Gasteiger charge is -2.23. The van der Waals surface area contributed by atoms with Crippen LogP contribution in [0, 0.1) is 6.92 Å². The van der Waals surface area contributed by atoms with Crippen LogP contribution >= 0.6 is 22.9 Å². The lowest BCUT2D eigenvalue weighted by molar-refractivity contribution is 0.0904. The van der Waals surface area contributed by atoms with Crippen molar-refractivity contribution in [3.8, 4) is 0 Å². The van der Waals surface area contributed by atoms with E-state index in [4.69, 9.17) is 11.6 Å². The Morgan fingerprint density at radius 2 is 1.93 bits per heavy atom. The minimum atomic E-state index is -0.461. The molecule has 1 aliphatic carbocycles. The highest BCUT2D eigenvalue weighted by molar-refractivity contribution is 7.11. The van der Waals surface area contributed by atoms with E-state index in [1.54, 1.807) is 29.7 Å². The molecule has 1 fully saturated rings. The minimum absolute atomic E-state index is 0.165. The predicted molar refractivity (Wildman–Crippen MR) is 110 cm³/mol. The summed E-state index contributed by atoms with van der Waals surface area (Å²) in [6.45, 7) is 1.98. The summed E-state index contributed by atoms with van der Waals surface area (Å²) in [5.74, 6) is -0.710. The number of amides is 2. The average molecular weight is 404 g/mol. The van der Waals surface area contributed by atoms with Gasteiger partial charge in [-0.1, -0.05) is 30.9 Å². The maximum Gasteiger partial charge on any atom is 0.272 e. The van der Waals surface area contributed by atoms with Gasteiger partial charge in [0.15, 0.2) is 0 Å². The molecule has 2 aromatic rings. The zero-order valence-corrected chi connectivity index (χ0v) is 16.7. The Bertz CT molecular complexity index is 857. The lowest BCUT2D eigenvalue weighted by Crippen LogP contribution is -2.37. The molecule has 27 heavy (non-hydrogen) atoms. The molecule has 0 spiro atoms. The first-order valence-electron chi connectivity index (χ1n) is 9.02. The van der Waals surface area contributed by atoms with E-state index in [0.29, 0.717) is 10.6 Å². The molecule has 0 unspecified atom stereocenters. The Morgan fingerprint density at radius 1 is 1.15 bits per heavy atom. The molecule has 7 heteroatoms. The van der Waals surface area contributed by atoms with Gasteiger partial charge < -0.3 is 5.32 Å². The van der Waals surface area contributed by atoms with Crippen molar-refractivity contribution in [1.82, 2.24) is 10.7 Å². The van der Waals surface area contributed by atoms with Crippen molar-refractivity contribution in [3.05, 3.63) is 56.2 Å². The second kappa shape index (κ2) is 9.15. The highest BCUT2D eigenvalue weighted by atomic mass is 35.5. The van der Waals surface area contributed by atoms with Gasteiger partial charge in [-0.3, -0.25) is 9.59 Å². The Kier molecular flexibility index (Phi) is 6.63. The van der Waals surface area contributed by atoms with Gasteiger partial charge in [-0.2, -0.15) is 5.10 Å². The van der Waals surface area contributed by atoms with Gasteiger partial charge in [-0.25, -0.2) is 5.43 Å². The molecule has 0 radical (unpaired) electrons. The van der Waals surface area contributed by atoms with Crippen LogP contribution in [0.2, 0.25) is 5.02 Å². The van der Waals surface area contributed by atoms with Gasteiger partial charge in [0.1, 0.15) is 0 Å². The van der Waals surface area contributed by atoms with E-state index >= 15 is 0 Å². The fourth-order valence-electron chi connectivity index (χ4n) is 3.14. The van der Waals surface area contributed by atoms with E-state index in [-0.39, 0.29) is 17.5 Å². The second-order valence-electron chi connectivity index (χ2n) is 6.67. The van der Waals surface area contributed by atoms with Crippen LogP contribution in [-0.4, -0.2) is 24.1 Å². The normalized spacial score (nSPS) is 15.0. The lowest BCUT2D eigenvalue weighted by atomic mass is 9.95. The van der Waals surface area contributed by atoms with Crippen molar-refractivity contribution in [2.75, 3.05) is 0 Å². The SMILES string of the molecule is Cc1ccsc1C=NNC(=O)c1cc(Cl)ccc1C(=O)NC1CCCCC1. The molecule has 1 aliphatic rings. The summed E-state index contributed by atoms with van der Waals surface area (Å²) in [4.78, 5) is 26.2. The molecule has 1 saturated carbocycles. The monoisotopic (exact) mass is 403 g/mol. The van der Waals surface area contributed by atoms with Gasteiger partial charge >= 0.3 is 0 Å². The molecule has 0 bridgehead atoms. The molecule has 2 amide bonds. The predicted octanol–water partition coefficient (Wildman–Crippen LogP) is 4.54. The molecule has 1 aromatic carbocycles. The van der Waals surface area contributed by atoms with E-state index in [2.05, 4.69) is 15.8 Å². The van der Waals surface area contributed by atoms with Gasteiger partial charge in [0.05, 0.1) is 17.3 Å². The average Bonchev–Trinajstić information content (AvgIpc) is 3.07. The third-order valence-corrected chi connectivity index (χ3v) is 5.85. The minimum Gasteiger partial charge on any atom is -0.349 e. The van der Waals surface area contributed by atoms with Crippen LogP contribution < -0.4 is 10.7 Å². The molecule has 1 heterocycles. The van der Waals surface area contributed by atoms with Crippen molar-refractivity contribution < 1.29 is 9.59 Å². The number of carbonyl (C=O) groups excluding carboxylic acids is 2. The largest absolute Gasteiger partial charge is 0.349 e. The van der Waals surface area contributed by atoms with Gasteiger partial charge in [0, 0.05) is 15.9 Å². The number of carbonyl (C=O) groups is 2. The van der Waals surface area contributed by atoms with Gasteiger partial charge in [-0.15, -0.1) is 11.3 Å². The number of aryl methyl sites for hydroxylation is 1. The summed E-state index contributed by atoms with van der Waals surface area (Å²) in [5.41, 5.74) is 4.11. The summed E-state index contributed by atoms with van der Waals surface area (Å²) in [7, 11) is 0. The van der Waals surface area contributed by atoms with Crippen LogP contribution in [-0.2, 0) is 0 Å². The smallest absolute Gasteiger partial charge is 0.272 e. The molecule has 2 N–H and O–H groups in total. The molecule has 0 aliphatic heterocycles. The van der Waals surface area contributed by atoms with Gasteiger partial charge in [-0.05, 0) is 55.0 Å². The van der Waals surface area contributed by atoms with E-state index in [0.717, 1.165) is 36.1 Å². The number of hydrogen-bond donors (Lipinski definition) is 2. The van der Waals surface area contributed by atoms with Crippen LogP contribution in [0.4, 0.5) is 0 Å². The molecule has 0 atom stereocenters. The first-order chi connectivity index (χ1) is 13.0. The van der Waals surface area contributed by atoms with E-state index < -0.39 is 5.91 Å². The summed E-state index contributed by atoms with van der Waals surface area (Å²) in [5, 5.41) is 9.40. The first-order valence-corrected chi connectivity index (χ1v) is 10.3. The van der Waals surface area contributed by atoms with E-state index in [9.17, 15) is 9.59 Å². The highest BCUT2D eigenvalue weighted by Gasteiger charge is 2.21. The quantitative estimate of drug-likeness (QED) is 0.568. The number of halogens is 1. The highest BCUT2D eigenvalue weighted by Crippen LogP contribution is 2.20. The van der Waals surface area contributed by atoms with Crippen LogP contribution in [0.15, 0.2) is 34.7 Å². The molecule has 1 aromatic heterocycles. The molecule has 0 saturated heterocycles. The Hall–Kier alpha value is -2.18. The van der Waals surface area contributed by atoms with Crippen molar-refractivity contribution in [2.24, 2.45) is 5.10 Å².